The normalized spacial score (nSPS) is 11.6. The minimum Gasteiger partial charge on any atom is -0.288 e. The zero-order chi connectivity index (χ0) is 22.8. The van der Waals surface area contributed by atoms with E-state index >= 15 is 0 Å². The number of aromatic nitrogens is 4. The second-order valence-corrected chi connectivity index (χ2v) is 8.22. The van der Waals surface area contributed by atoms with Crippen LogP contribution in [0.25, 0.3) is 26.6 Å². The van der Waals surface area contributed by atoms with Gasteiger partial charge in [0.1, 0.15) is 0 Å². The molecule has 0 aliphatic heterocycles. The zero-order valence-electron chi connectivity index (χ0n) is 17.5. The summed E-state index contributed by atoms with van der Waals surface area (Å²) >= 11 is 1.41. The molecular formula is C24H18N6O2S. The fraction of sp³-hybridized carbons (Fsp3) is 0.0417. The summed E-state index contributed by atoms with van der Waals surface area (Å²) in [5.41, 5.74) is 5.60. The van der Waals surface area contributed by atoms with Gasteiger partial charge in [-0.2, -0.15) is 9.78 Å². The van der Waals surface area contributed by atoms with E-state index in [1.54, 1.807) is 19.1 Å². The van der Waals surface area contributed by atoms with Crippen LogP contribution in [0, 0.1) is 0 Å². The predicted molar refractivity (Wildman–Crippen MR) is 129 cm³/mol. The van der Waals surface area contributed by atoms with Crippen LogP contribution < -0.4 is 11.0 Å². The lowest BCUT2D eigenvalue weighted by molar-refractivity contribution is 0.0954. The molecule has 3 heterocycles. The van der Waals surface area contributed by atoms with Crippen LogP contribution in [-0.2, 0) is 0 Å². The van der Waals surface area contributed by atoms with Crippen LogP contribution in [0.4, 0.5) is 0 Å². The lowest BCUT2D eigenvalue weighted by Crippen LogP contribution is -2.23. The maximum Gasteiger partial charge on any atom is 0.283 e. The van der Waals surface area contributed by atoms with Gasteiger partial charge in [0.15, 0.2) is 0 Å². The molecule has 2 N–H and O–H groups in total. The van der Waals surface area contributed by atoms with Gasteiger partial charge >= 0.3 is 0 Å². The molecule has 0 aliphatic carbocycles. The topological polar surface area (TPSA) is 105 Å². The number of carbonyl (C=O) groups is 1. The van der Waals surface area contributed by atoms with Gasteiger partial charge in [-0.1, -0.05) is 53.8 Å². The third-order valence-corrected chi connectivity index (χ3v) is 6.08. The summed E-state index contributed by atoms with van der Waals surface area (Å²) in [6.45, 7) is 1.69. The van der Waals surface area contributed by atoms with Crippen molar-refractivity contribution >= 4 is 33.2 Å². The zero-order valence-corrected chi connectivity index (χ0v) is 18.3. The number of nitrogens with zero attached hydrogens (tertiary/aromatic N) is 4. The number of H-pyrrole nitrogens is 1. The van der Waals surface area contributed by atoms with Gasteiger partial charge in [-0.3, -0.25) is 19.7 Å². The number of pyridine rings is 1. The fourth-order valence-corrected chi connectivity index (χ4v) is 4.36. The van der Waals surface area contributed by atoms with Crippen LogP contribution in [0.1, 0.15) is 22.8 Å². The van der Waals surface area contributed by atoms with Crippen molar-refractivity contribution in [1.29, 1.82) is 0 Å². The number of hydrazone groups is 1. The molecular weight excluding hydrogens is 436 g/mol. The van der Waals surface area contributed by atoms with E-state index in [0.717, 1.165) is 15.8 Å². The lowest BCUT2D eigenvalue weighted by atomic mass is 10.1. The lowest BCUT2D eigenvalue weighted by Gasteiger charge is -2.04. The molecule has 162 valence electrons. The van der Waals surface area contributed by atoms with Gasteiger partial charge in [0.05, 0.1) is 27.2 Å². The Balaban J connectivity index is 1.59. The van der Waals surface area contributed by atoms with Crippen LogP contribution in [0.5, 0.6) is 0 Å². The molecule has 0 fully saturated rings. The third kappa shape index (κ3) is 3.97. The van der Waals surface area contributed by atoms with E-state index in [1.165, 1.54) is 28.4 Å². The average molecular weight is 455 g/mol. The quantitative estimate of drug-likeness (QED) is 0.309. The highest BCUT2D eigenvalue weighted by molar-refractivity contribution is 7.20. The predicted octanol–water partition coefficient (Wildman–Crippen LogP) is 3.99. The van der Waals surface area contributed by atoms with Gasteiger partial charge in [-0.15, -0.1) is 0 Å². The molecule has 0 bridgehead atoms. The molecule has 9 heteroatoms. The number of hydrogen-bond donors (Lipinski definition) is 2. The molecule has 0 radical (unpaired) electrons. The molecule has 2 aromatic carbocycles. The van der Waals surface area contributed by atoms with Crippen LogP contribution in [0.3, 0.4) is 0 Å². The minimum atomic E-state index is -0.389. The monoisotopic (exact) mass is 454 g/mol. The Labute approximate surface area is 192 Å². The van der Waals surface area contributed by atoms with E-state index in [4.69, 9.17) is 0 Å². The van der Waals surface area contributed by atoms with E-state index in [-0.39, 0.29) is 11.5 Å². The number of thiazole rings is 1. The van der Waals surface area contributed by atoms with Crippen molar-refractivity contribution in [2.45, 2.75) is 6.92 Å². The number of hydrogen-bond acceptors (Lipinski definition) is 6. The third-order valence-electron chi connectivity index (χ3n) is 5.06. The molecule has 3 aromatic heterocycles. The number of amides is 1. The van der Waals surface area contributed by atoms with Crippen molar-refractivity contribution in [2.24, 2.45) is 5.10 Å². The standard InChI is InChI=1S/C24H18N6O2S/c1-15(27-28-22(31)17-11-13-25-14-12-17)20-21(16-7-3-2-4-8-16)29-30(23(20)32)24-26-18-9-5-6-10-19(18)33-24/h2-14,29H,1H3,(H,28,31). The Morgan fingerprint density at radius 3 is 2.52 bits per heavy atom. The Kier molecular flexibility index (Phi) is 5.37. The van der Waals surface area contributed by atoms with Gasteiger partial charge in [0, 0.05) is 23.5 Å². The number of fused-ring (bicyclic) bond motifs is 1. The summed E-state index contributed by atoms with van der Waals surface area (Å²) in [4.78, 5) is 34.4. The van der Waals surface area contributed by atoms with Crippen molar-refractivity contribution < 1.29 is 4.79 Å². The van der Waals surface area contributed by atoms with Crippen molar-refractivity contribution in [2.75, 3.05) is 0 Å². The summed E-state index contributed by atoms with van der Waals surface area (Å²) in [5, 5.41) is 7.93. The first-order valence-electron chi connectivity index (χ1n) is 10.1. The number of rotatable bonds is 5. The van der Waals surface area contributed by atoms with Gasteiger partial charge < -0.3 is 0 Å². The van der Waals surface area contributed by atoms with Crippen molar-refractivity contribution in [3.05, 3.63) is 101 Å². The smallest absolute Gasteiger partial charge is 0.283 e. The van der Waals surface area contributed by atoms with Crippen LogP contribution in [0.15, 0.2) is 89.0 Å². The molecule has 1 amide bonds. The number of para-hydroxylation sites is 1. The molecule has 5 aromatic rings. The Bertz CT molecular complexity index is 1500. The molecule has 0 saturated heterocycles. The maximum absolute atomic E-state index is 13.5. The largest absolute Gasteiger partial charge is 0.288 e. The van der Waals surface area contributed by atoms with E-state index in [1.807, 2.05) is 54.6 Å². The van der Waals surface area contributed by atoms with E-state index < -0.39 is 0 Å². The SMILES string of the molecule is CC(=NNC(=O)c1ccncc1)c1c(-c2ccccc2)[nH]n(-c2nc3ccccc3s2)c1=O. The number of carbonyl (C=O) groups excluding carboxylic acids is 1. The van der Waals surface area contributed by atoms with Crippen molar-refractivity contribution in [1.82, 2.24) is 25.2 Å². The highest BCUT2D eigenvalue weighted by Gasteiger charge is 2.21. The Morgan fingerprint density at radius 1 is 1.03 bits per heavy atom. The van der Waals surface area contributed by atoms with E-state index in [0.29, 0.717) is 27.7 Å². The summed E-state index contributed by atoms with van der Waals surface area (Å²) in [6.07, 6.45) is 3.06. The molecule has 0 aliphatic rings. The molecule has 33 heavy (non-hydrogen) atoms. The first-order chi connectivity index (χ1) is 16.1. The average Bonchev–Trinajstić information content (AvgIpc) is 3.44. The van der Waals surface area contributed by atoms with Gasteiger partial charge in [0.2, 0.25) is 5.13 Å². The fourth-order valence-electron chi connectivity index (χ4n) is 3.44. The number of aromatic amines is 1. The van der Waals surface area contributed by atoms with Gasteiger partial charge in [-0.25, -0.2) is 10.4 Å². The maximum atomic E-state index is 13.5. The molecule has 0 atom stereocenters. The van der Waals surface area contributed by atoms with Gasteiger partial charge in [-0.05, 0) is 31.2 Å². The van der Waals surface area contributed by atoms with Crippen LogP contribution in [0.2, 0.25) is 0 Å². The second kappa shape index (κ2) is 8.64. The van der Waals surface area contributed by atoms with E-state index in [9.17, 15) is 9.59 Å². The molecule has 0 unspecified atom stereocenters. The summed E-state index contributed by atoms with van der Waals surface area (Å²) < 4.78 is 2.40. The molecule has 8 nitrogen and oxygen atoms in total. The first-order valence-corrected chi connectivity index (χ1v) is 10.9. The summed E-state index contributed by atoms with van der Waals surface area (Å²) in [5.74, 6) is -0.389. The van der Waals surface area contributed by atoms with Gasteiger partial charge in [0.25, 0.3) is 11.5 Å². The van der Waals surface area contributed by atoms with Crippen molar-refractivity contribution in [3.8, 4) is 16.4 Å². The number of nitrogens with one attached hydrogen (secondary N) is 2. The second-order valence-electron chi connectivity index (χ2n) is 7.21. The highest BCUT2D eigenvalue weighted by atomic mass is 32.1. The van der Waals surface area contributed by atoms with Crippen LogP contribution in [-0.4, -0.2) is 31.4 Å². The molecule has 5 rings (SSSR count). The van der Waals surface area contributed by atoms with E-state index in [2.05, 4.69) is 25.6 Å². The summed E-state index contributed by atoms with van der Waals surface area (Å²) in [6, 6.07) is 20.4. The highest BCUT2D eigenvalue weighted by Crippen LogP contribution is 2.26. The van der Waals surface area contributed by atoms with Crippen LogP contribution >= 0.6 is 11.3 Å². The van der Waals surface area contributed by atoms with Crippen molar-refractivity contribution in [3.63, 3.8) is 0 Å². The number of benzene rings is 2. The summed E-state index contributed by atoms with van der Waals surface area (Å²) in [7, 11) is 0. The Hall–Kier alpha value is -4.37. The minimum absolute atomic E-state index is 0.299. The molecule has 0 spiro atoms. The molecule has 0 saturated carbocycles. The Morgan fingerprint density at radius 2 is 1.76 bits per heavy atom. The first kappa shape index (κ1) is 20.5.